The highest BCUT2D eigenvalue weighted by Gasteiger charge is 2.31. The Morgan fingerprint density at radius 3 is 2.15 bits per heavy atom. The van der Waals surface area contributed by atoms with Crippen molar-refractivity contribution in [3.8, 4) is 5.69 Å². The van der Waals surface area contributed by atoms with Crippen molar-refractivity contribution < 1.29 is 19.6 Å². The second-order valence-electron chi connectivity index (χ2n) is 6.62. The van der Waals surface area contributed by atoms with Crippen molar-refractivity contribution in [1.29, 1.82) is 0 Å². The smallest absolute Gasteiger partial charge is 0.334 e. The van der Waals surface area contributed by atoms with Crippen LogP contribution < -0.4 is 4.85 Å². The molecule has 0 radical (unpaired) electrons. The number of nitro benzene ring substituents is 3. The summed E-state index contributed by atoms with van der Waals surface area (Å²) in [6.45, 7) is 0. The molecule has 0 aliphatic heterocycles. The van der Waals surface area contributed by atoms with Gasteiger partial charge in [-0.15, -0.1) is 9.96 Å². The van der Waals surface area contributed by atoms with Crippen LogP contribution in [0.1, 0.15) is 0 Å². The topological polar surface area (TPSA) is 199 Å². The van der Waals surface area contributed by atoms with Crippen LogP contribution in [-0.2, 0) is 0 Å². The van der Waals surface area contributed by atoms with E-state index in [4.69, 9.17) is 11.6 Å². The van der Waals surface area contributed by atoms with Crippen LogP contribution in [-0.4, -0.2) is 24.7 Å². The molecule has 1 aromatic heterocycles. The molecule has 0 N–H and O–H groups in total. The van der Waals surface area contributed by atoms with E-state index in [0.717, 1.165) is 12.1 Å². The third kappa shape index (κ3) is 4.05. The van der Waals surface area contributed by atoms with E-state index in [0.29, 0.717) is 21.6 Å². The molecule has 4 aromatic rings. The molecule has 16 heteroatoms. The lowest BCUT2D eigenvalue weighted by molar-refractivity contribution is -0.664. The zero-order valence-electron chi connectivity index (χ0n) is 16.5. The Morgan fingerprint density at radius 1 is 0.853 bits per heavy atom. The first-order valence-corrected chi connectivity index (χ1v) is 9.45. The SMILES string of the molecule is O=[N+]([O-])c1cc([N+](=O)[O-])c2nn(-c3ccc(/N=N/c4ccc(Cl)cc4)c([N+](=O)[O-])c3)[n+]([O-])c2c1. The molecule has 4 rings (SSSR count). The number of halogens is 1. The summed E-state index contributed by atoms with van der Waals surface area (Å²) >= 11 is 5.80. The number of azo groups is 1. The van der Waals surface area contributed by atoms with Crippen molar-refractivity contribution >= 4 is 51.1 Å². The van der Waals surface area contributed by atoms with Crippen LogP contribution in [0.3, 0.4) is 0 Å². The van der Waals surface area contributed by atoms with Crippen LogP contribution in [0.15, 0.2) is 64.8 Å². The molecule has 3 aromatic carbocycles. The molecule has 0 saturated carbocycles. The largest absolute Gasteiger partial charge is 0.692 e. The second-order valence-corrected chi connectivity index (χ2v) is 7.05. The predicted molar refractivity (Wildman–Crippen MR) is 116 cm³/mol. The molecule has 0 unspecified atom stereocenters. The summed E-state index contributed by atoms with van der Waals surface area (Å²) in [6.07, 6.45) is 0. The number of aromatic nitrogens is 3. The number of hydrogen-bond acceptors (Lipinski definition) is 10. The van der Waals surface area contributed by atoms with Crippen LogP contribution >= 0.6 is 11.6 Å². The molecule has 0 spiro atoms. The van der Waals surface area contributed by atoms with Crippen LogP contribution in [0.2, 0.25) is 5.02 Å². The number of nitrogens with zero attached hydrogens (tertiary/aromatic N) is 8. The third-order valence-electron chi connectivity index (χ3n) is 4.52. The van der Waals surface area contributed by atoms with Gasteiger partial charge in [0.25, 0.3) is 11.4 Å². The third-order valence-corrected chi connectivity index (χ3v) is 4.77. The minimum Gasteiger partial charge on any atom is -0.692 e. The van der Waals surface area contributed by atoms with Crippen molar-refractivity contribution in [2.24, 2.45) is 10.2 Å². The van der Waals surface area contributed by atoms with E-state index >= 15 is 0 Å². The second kappa shape index (κ2) is 8.47. The van der Waals surface area contributed by atoms with Gasteiger partial charge < -0.3 is 5.21 Å². The Kier molecular flexibility index (Phi) is 5.52. The van der Waals surface area contributed by atoms with Gasteiger partial charge in [0.15, 0.2) is 5.69 Å². The molecule has 1 heterocycles. The number of benzene rings is 3. The summed E-state index contributed by atoms with van der Waals surface area (Å²) in [6, 6.07) is 11.1. The number of nitro groups is 3. The van der Waals surface area contributed by atoms with E-state index in [1.165, 1.54) is 12.1 Å². The highest BCUT2D eigenvalue weighted by atomic mass is 35.5. The normalized spacial score (nSPS) is 11.2. The van der Waals surface area contributed by atoms with E-state index in [1.54, 1.807) is 24.3 Å². The first-order chi connectivity index (χ1) is 16.2. The van der Waals surface area contributed by atoms with Gasteiger partial charge in [0, 0.05) is 11.1 Å². The van der Waals surface area contributed by atoms with Crippen LogP contribution in [0, 0.1) is 35.6 Å². The maximum atomic E-state index is 12.7. The molecule has 0 atom stereocenters. The number of hydrogen-bond donors (Lipinski definition) is 0. The van der Waals surface area contributed by atoms with Gasteiger partial charge in [0.1, 0.15) is 5.69 Å². The fourth-order valence-corrected chi connectivity index (χ4v) is 3.09. The summed E-state index contributed by atoms with van der Waals surface area (Å²) in [5.74, 6) is 0. The summed E-state index contributed by atoms with van der Waals surface area (Å²) in [5, 5.41) is 58.8. The zero-order valence-corrected chi connectivity index (χ0v) is 17.3. The lowest BCUT2D eigenvalue weighted by atomic mass is 10.2. The lowest BCUT2D eigenvalue weighted by Crippen LogP contribution is -2.37. The highest BCUT2D eigenvalue weighted by molar-refractivity contribution is 6.30. The summed E-state index contributed by atoms with van der Waals surface area (Å²) in [4.78, 5) is 32.1. The number of fused-ring (bicyclic) bond motifs is 1. The Labute approximate surface area is 192 Å². The molecule has 0 aliphatic rings. The van der Waals surface area contributed by atoms with Crippen LogP contribution in [0.4, 0.5) is 28.4 Å². The fourth-order valence-electron chi connectivity index (χ4n) is 2.97. The van der Waals surface area contributed by atoms with Crippen molar-refractivity contribution in [3.05, 3.63) is 95.2 Å². The van der Waals surface area contributed by atoms with E-state index in [2.05, 4.69) is 15.3 Å². The van der Waals surface area contributed by atoms with Crippen molar-refractivity contribution in [3.63, 3.8) is 0 Å². The van der Waals surface area contributed by atoms with E-state index < -0.39 is 42.9 Å². The fraction of sp³-hybridized carbons (Fsp3) is 0. The van der Waals surface area contributed by atoms with Gasteiger partial charge in [-0.2, -0.15) is 5.11 Å². The Hall–Kier alpha value is -5.05. The molecular weight excluding hydrogens is 476 g/mol. The predicted octanol–water partition coefficient (Wildman–Crippen LogP) is 4.45. The van der Waals surface area contributed by atoms with Crippen molar-refractivity contribution in [2.45, 2.75) is 0 Å². The zero-order chi connectivity index (χ0) is 24.6. The monoisotopic (exact) mass is 484 g/mol. The van der Waals surface area contributed by atoms with E-state index in [-0.39, 0.29) is 16.2 Å². The average Bonchev–Trinajstić information content (AvgIpc) is 3.14. The summed E-state index contributed by atoms with van der Waals surface area (Å²) in [5.41, 5.74) is -2.78. The summed E-state index contributed by atoms with van der Waals surface area (Å²) < 4.78 is 0. The first kappa shape index (κ1) is 22.2. The number of rotatable bonds is 6. The molecule has 0 aliphatic carbocycles. The average molecular weight is 485 g/mol. The van der Waals surface area contributed by atoms with Gasteiger partial charge in [-0.1, -0.05) is 11.6 Å². The molecule has 34 heavy (non-hydrogen) atoms. The molecule has 0 amide bonds. The van der Waals surface area contributed by atoms with Crippen molar-refractivity contribution in [2.75, 3.05) is 0 Å². The molecule has 15 nitrogen and oxygen atoms in total. The molecule has 0 fully saturated rings. The first-order valence-electron chi connectivity index (χ1n) is 9.07. The quantitative estimate of drug-likeness (QED) is 0.125. The van der Waals surface area contributed by atoms with Crippen LogP contribution in [0.25, 0.3) is 16.7 Å². The molecule has 170 valence electrons. The van der Waals surface area contributed by atoms with Gasteiger partial charge in [-0.3, -0.25) is 30.3 Å². The Morgan fingerprint density at radius 2 is 1.53 bits per heavy atom. The van der Waals surface area contributed by atoms with Gasteiger partial charge in [-0.25, -0.2) is 0 Å². The van der Waals surface area contributed by atoms with Crippen LogP contribution in [0.5, 0.6) is 0 Å². The van der Waals surface area contributed by atoms with E-state index in [9.17, 15) is 35.6 Å². The maximum absolute atomic E-state index is 12.7. The standard InChI is InChI=1S/C18H9ClN8O7/c19-10-1-3-11(4-2-10)20-21-14-6-5-12(7-15(14)26(31)32)23-22-18-16(24(23)28)8-13(25(29)30)9-17(18)27(33)34/h1-9H/b21-20+. The highest BCUT2D eigenvalue weighted by Crippen LogP contribution is 2.32. The van der Waals surface area contributed by atoms with Gasteiger partial charge >= 0.3 is 11.2 Å². The van der Waals surface area contributed by atoms with E-state index in [1.807, 2.05) is 0 Å². The molecule has 0 bridgehead atoms. The molecular formula is C18H9ClN8O7. The lowest BCUT2D eigenvalue weighted by Gasteiger charge is -2.04. The number of non-ortho nitro benzene ring substituents is 2. The Balaban J connectivity index is 1.83. The van der Waals surface area contributed by atoms with Gasteiger partial charge in [-0.05, 0) is 41.2 Å². The van der Waals surface area contributed by atoms with Crippen molar-refractivity contribution in [1.82, 2.24) is 9.90 Å². The minimum absolute atomic E-state index is 0.0588. The minimum atomic E-state index is -0.921. The Bertz CT molecular complexity index is 1520. The van der Waals surface area contributed by atoms with Gasteiger partial charge in [0.2, 0.25) is 5.52 Å². The van der Waals surface area contributed by atoms with Gasteiger partial charge in [0.05, 0.1) is 37.7 Å². The summed E-state index contributed by atoms with van der Waals surface area (Å²) in [7, 11) is 0. The molecule has 0 saturated heterocycles. The maximum Gasteiger partial charge on any atom is 0.334 e.